The summed E-state index contributed by atoms with van der Waals surface area (Å²) in [7, 11) is 0. The van der Waals surface area contributed by atoms with Crippen LogP contribution in [0.4, 0.5) is 0 Å². The zero-order valence-electron chi connectivity index (χ0n) is 16.7. The molecule has 0 fully saturated rings. The topological polar surface area (TPSA) is 140 Å². The van der Waals surface area contributed by atoms with Crippen molar-refractivity contribution in [2.45, 2.75) is 41.6 Å². The van der Waals surface area contributed by atoms with Gasteiger partial charge in [0.05, 0.1) is 10.9 Å². The van der Waals surface area contributed by atoms with Crippen LogP contribution in [0.25, 0.3) is 10.9 Å². The maximum absolute atomic E-state index is 12.2. The number of nitrogens with one attached hydrogen (secondary N) is 2. The lowest BCUT2D eigenvalue weighted by molar-refractivity contribution is -0.122. The van der Waals surface area contributed by atoms with E-state index < -0.39 is 11.9 Å². The Labute approximate surface area is 179 Å². The van der Waals surface area contributed by atoms with Gasteiger partial charge in [-0.1, -0.05) is 48.5 Å². The van der Waals surface area contributed by atoms with Crippen molar-refractivity contribution >= 4 is 34.5 Å². The average molecular weight is 426 g/mol. The molecule has 1 heterocycles. The van der Waals surface area contributed by atoms with Gasteiger partial charge in [-0.25, -0.2) is 0 Å². The molecule has 0 aliphatic rings. The van der Waals surface area contributed by atoms with Crippen LogP contribution in [0.1, 0.15) is 35.3 Å². The minimum atomic E-state index is -0.541. The van der Waals surface area contributed by atoms with E-state index in [9.17, 15) is 9.59 Å². The lowest BCUT2D eigenvalue weighted by Crippen LogP contribution is -2.40. The summed E-state index contributed by atoms with van der Waals surface area (Å²) < 4.78 is 0. The summed E-state index contributed by atoms with van der Waals surface area (Å²) in [5.74, 6) is -0.695. The third-order valence-corrected chi connectivity index (χ3v) is 5.93. The second-order valence-corrected chi connectivity index (χ2v) is 8.18. The maximum atomic E-state index is 12.2. The van der Waals surface area contributed by atoms with Gasteiger partial charge in [0, 0.05) is 22.3 Å². The number of nitrogens with two attached hydrogens (primary N) is 3. The highest BCUT2D eigenvalue weighted by molar-refractivity contribution is 7.99. The number of hydrogen-bond donors (Lipinski definition) is 5. The molecule has 0 aliphatic carbocycles. The lowest BCUT2D eigenvalue weighted by atomic mass is 10.1. The fraction of sp³-hybridized carbons (Fsp3) is 0.273. The first-order chi connectivity index (χ1) is 14.5. The van der Waals surface area contributed by atoms with Gasteiger partial charge in [-0.15, -0.1) is 0 Å². The zero-order valence-corrected chi connectivity index (χ0v) is 17.5. The van der Waals surface area contributed by atoms with E-state index >= 15 is 0 Å². The SMILES string of the molecule is NCCCCC(N)C(=O)NCc1ccc2c(Sc3ccccc3)c(C(N)=O)[nH]c2c1. The molecule has 1 unspecified atom stereocenters. The van der Waals surface area contributed by atoms with E-state index in [1.165, 1.54) is 11.8 Å². The number of hydrogen-bond acceptors (Lipinski definition) is 5. The molecule has 0 aliphatic heterocycles. The van der Waals surface area contributed by atoms with Crippen molar-refractivity contribution in [3.63, 3.8) is 0 Å². The van der Waals surface area contributed by atoms with Gasteiger partial charge in [-0.05, 0) is 43.1 Å². The summed E-state index contributed by atoms with van der Waals surface area (Å²) in [6, 6.07) is 15.0. The van der Waals surface area contributed by atoms with Crippen molar-refractivity contribution in [3.8, 4) is 0 Å². The van der Waals surface area contributed by atoms with Crippen molar-refractivity contribution in [1.29, 1.82) is 0 Å². The lowest BCUT2D eigenvalue weighted by Gasteiger charge is -2.12. The second kappa shape index (κ2) is 10.3. The third-order valence-electron chi connectivity index (χ3n) is 4.80. The number of carbonyl (C=O) groups excluding carboxylic acids is 2. The van der Waals surface area contributed by atoms with Crippen LogP contribution in [-0.2, 0) is 11.3 Å². The van der Waals surface area contributed by atoms with Crippen LogP contribution < -0.4 is 22.5 Å². The molecule has 2 amide bonds. The molecule has 2 aromatic carbocycles. The highest BCUT2D eigenvalue weighted by Gasteiger charge is 2.18. The monoisotopic (exact) mass is 425 g/mol. The Morgan fingerprint density at radius 2 is 1.87 bits per heavy atom. The minimum absolute atomic E-state index is 0.184. The van der Waals surface area contributed by atoms with Gasteiger partial charge < -0.3 is 27.5 Å². The minimum Gasteiger partial charge on any atom is -0.364 e. The van der Waals surface area contributed by atoms with Crippen molar-refractivity contribution in [3.05, 3.63) is 59.8 Å². The largest absolute Gasteiger partial charge is 0.364 e. The summed E-state index contributed by atoms with van der Waals surface area (Å²) in [4.78, 5) is 29.1. The van der Waals surface area contributed by atoms with Gasteiger partial charge in [0.1, 0.15) is 5.69 Å². The summed E-state index contributed by atoms with van der Waals surface area (Å²) in [6.07, 6.45) is 2.30. The summed E-state index contributed by atoms with van der Waals surface area (Å²) in [6.45, 7) is 0.952. The van der Waals surface area contributed by atoms with E-state index in [-0.39, 0.29) is 5.91 Å². The molecular weight excluding hydrogens is 398 g/mol. The van der Waals surface area contributed by atoms with E-state index in [4.69, 9.17) is 17.2 Å². The number of benzene rings is 2. The predicted octanol–water partition coefficient (Wildman–Crippen LogP) is 2.49. The summed E-state index contributed by atoms with van der Waals surface area (Å²) >= 11 is 1.49. The van der Waals surface area contributed by atoms with Gasteiger partial charge in [-0.2, -0.15) is 0 Å². The number of fused-ring (bicyclic) bond motifs is 1. The Morgan fingerprint density at radius 1 is 1.10 bits per heavy atom. The van der Waals surface area contributed by atoms with Crippen molar-refractivity contribution in [1.82, 2.24) is 10.3 Å². The number of carbonyl (C=O) groups is 2. The molecule has 158 valence electrons. The van der Waals surface area contributed by atoms with E-state index in [1.807, 2.05) is 48.5 Å². The van der Waals surface area contributed by atoms with Crippen LogP contribution in [0.3, 0.4) is 0 Å². The van der Waals surface area contributed by atoms with Crippen molar-refractivity contribution < 1.29 is 9.59 Å². The number of aromatic amines is 1. The first-order valence-corrected chi connectivity index (χ1v) is 10.7. The van der Waals surface area contributed by atoms with Gasteiger partial charge in [0.15, 0.2) is 0 Å². The maximum Gasteiger partial charge on any atom is 0.266 e. The van der Waals surface area contributed by atoms with Crippen LogP contribution in [0.5, 0.6) is 0 Å². The molecule has 30 heavy (non-hydrogen) atoms. The molecule has 1 aromatic heterocycles. The number of primary amides is 1. The quantitative estimate of drug-likeness (QED) is 0.317. The number of unbranched alkanes of at least 4 members (excludes halogenated alkanes) is 1. The molecule has 1 atom stereocenters. The van der Waals surface area contributed by atoms with Gasteiger partial charge in [0.2, 0.25) is 5.91 Å². The van der Waals surface area contributed by atoms with Gasteiger partial charge in [0.25, 0.3) is 5.91 Å². The Morgan fingerprint density at radius 3 is 2.57 bits per heavy atom. The van der Waals surface area contributed by atoms with E-state index in [2.05, 4.69) is 10.3 Å². The molecule has 7 nitrogen and oxygen atoms in total. The number of aromatic nitrogens is 1. The Bertz CT molecular complexity index is 1020. The zero-order chi connectivity index (χ0) is 21.5. The molecule has 3 rings (SSSR count). The fourth-order valence-corrected chi connectivity index (χ4v) is 4.25. The van der Waals surface area contributed by atoms with Crippen LogP contribution >= 0.6 is 11.8 Å². The van der Waals surface area contributed by atoms with Crippen LogP contribution in [0.2, 0.25) is 0 Å². The molecule has 8 N–H and O–H groups in total. The molecule has 0 saturated carbocycles. The first kappa shape index (κ1) is 21.9. The van der Waals surface area contributed by atoms with Gasteiger partial charge >= 0.3 is 0 Å². The molecule has 3 aromatic rings. The molecule has 0 spiro atoms. The van der Waals surface area contributed by atoms with Crippen molar-refractivity contribution in [2.24, 2.45) is 17.2 Å². The van der Waals surface area contributed by atoms with Gasteiger partial charge in [-0.3, -0.25) is 9.59 Å². The molecular formula is C22H27N5O2S. The van der Waals surface area contributed by atoms with Crippen LogP contribution in [0, 0.1) is 0 Å². The average Bonchev–Trinajstić information content (AvgIpc) is 3.10. The molecule has 0 bridgehead atoms. The normalized spacial score (nSPS) is 12.1. The number of H-pyrrole nitrogens is 1. The fourth-order valence-electron chi connectivity index (χ4n) is 3.17. The first-order valence-electron chi connectivity index (χ1n) is 9.90. The van der Waals surface area contributed by atoms with E-state index in [0.29, 0.717) is 25.2 Å². The van der Waals surface area contributed by atoms with Crippen LogP contribution in [0.15, 0.2) is 58.3 Å². The van der Waals surface area contributed by atoms with Crippen LogP contribution in [-0.4, -0.2) is 29.4 Å². The highest BCUT2D eigenvalue weighted by atomic mass is 32.2. The molecule has 8 heteroatoms. The number of amides is 2. The highest BCUT2D eigenvalue weighted by Crippen LogP contribution is 2.36. The molecule has 0 saturated heterocycles. The van der Waals surface area contributed by atoms with E-state index in [0.717, 1.165) is 39.1 Å². The standard InChI is InChI=1S/C22H27N5O2S/c23-11-5-4-8-17(24)22(29)26-13-14-9-10-16-18(12-14)27-19(21(25)28)20(16)30-15-6-2-1-3-7-15/h1-3,6-7,9-10,12,17,27H,4-5,8,11,13,23-24H2,(H2,25,28)(H,26,29). The summed E-state index contributed by atoms with van der Waals surface area (Å²) in [5, 5.41) is 3.78. The second-order valence-electron chi connectivity index (χ2n) is 7.10. The Kier molecular flexibility index (Phi) is 7.51. The van der Waals surface area contributed by atoms with Crippen molar-refractivity contribution in [2.75, 3.05) is 6.54 Å². The summed E-state index contributed by atoms with van der Waals surface area (Å²) in [5.41, 5.74) is 19.1. The third kappa shape index (κ3) is 5.41. The molecule has 0 radical (unpaired) electrons. The predicted molar refractivity (Wildman–Crippen MR) is 120 cm³/mol. The van der Waals surface area contributed by atoms with E-state index in [1.54, 1.807) is 0 Å². The Hall–Kier alpha value is -2.81. The smallest absolute Gasteiger partial charge is 0.266 e. The Balaban J connectivity index is 1.75. The number of rotatable bonds is 10.